The van der Waals surface area contributed by atoms with E-state index >= 15 is 0 Å². The molecule has 0 saturated carbocycles. The fourth-order valence-corrected chi connectivity index (χ4v) is 4.31. The van der Waals surface area contributed by atoms with Gasteiger partial charge in [0.2, 0.25) is 0 Å². The van der Waals surface area contributed by atoms with Crippen molar-refractivity contribution in [3.63, 3.8) is 0 Å². The summed E-state index contributed by atoms with van der Waals surface area (Å²) in [6, 6.07) is 6.01. The molecule has 1 aromatic carbocycles. The number of carboxylic acid groups (broad SMARTS) is 1. The van der Waals surface area contributed by atoms with Gasteiger partial charge in [-0.3, -0.25) is 0 Å². The third-order valence-electron chi connectivity index (χ3n) is 3.30. The van der Waals surface area contributed by atoms with Crippen LogP contribution < -0.4 is 0 Å². The second-order valence-corrected chi connectivity index (χ2v) is 8.43. The third-order valence-corrected chi connectivity index (χ3v) is 5.42. The first-order chi connectivity index (χ1) is 11.3. The molecular weight excluding hydrogens is 346 g/mol. The molecule has 0 bridgehead atoms. The molecule has 0 aliphatic heterocycles. The minimum Gasteiger partial charge on any atom is -0.477 e. The van der Waals surface area contributed by atoms with Crippen molar-refractivity contribution in [1.29, 1.82) is 0 Å². The fraction of sp³-hybridized carbons (Fsp3) is 0.267. The molecule has 124 valence electrons. The van der Waals surface area contributed by atoms with Crippen LogP contribution in [0.4, 0.5) is 0 Å². The number of hydrogen-bond acceptors (Lipinski definition) is 7. The molecule has 3 aromatic rings. The Bertz CT molecular complexity index is 868. The molecule has 0 atom stereocenters. The van der Waals surface area contributed by atoms with E-state index in [-0.39, 0.29) is 10.3 Å². The fourth-order valence-electron chi connectivity index (χ4n) is 2.15. The number of nitrogens with one attached hydrogen (secondary N) is 1. The number of thiazole rings is 1. The van der Waals surface area contributed by atoms with Crippen molar-refractivity contribution < 1.29 is 9.90 Å². The molecule has 0 fully saturated rings. The van der Waals surface area contributed by atoms with Gasteiger partial charge in [0.1, 0.15) is 4.88 Å². The molecule has 0 unspecified atom stereocenters. The quantitative estimate of drug-likeness (QED) is 0.733. The summed E-state index contributed by atoms with van der Waals surface area (Å²) in [5.41, 5.74) is 1.95. The normalized spacial score (nSPS) is 11.6. The van der Waals surface area contributed by atoms with E-state index in [2.05, 4.69) is 46.4 Å². The molecule has 2 heterocycles. The molecule has 0 aliphatic rings. The van der Waals surface area contributed by atoms with Crippen LogP contribution in [0, 0.1) is 0 Å². The van der Waals surface area contributed by atoms with Gasteiger partial charge >= 0.3 is 5.97 Å². The van der Waals surface area contributed by atoms with Crippen molar-refractivity contribution in [3.05, 3.63) is 34.8 Å². The Balaban J connectivity index is 2.02. The van der Waals surface area contributed by atoms with Crippen molar-refractivity contribution in [3.8, 4) is 11.4 Å². The number of tetrazole rings is 1. The van der Waals surface area contributed by atoms with Gasteiger partial charge < -0.3 is 5.11 Å². The molecule has 0 amide bonds. The highest BCUT2D eigenvalue weighted by Gasteiger charge is 2.21. The highest BCUT2D eigenvalue weighted by atomic mass is 32.2. The number of nitrogens with zero attached hydrogens (tertiary/aromatic N) is 4. The average molecular weight is 361 g/mol. The monoisotopic (exact) mass is 361 g/mol. The highest BCUT2D eigenvalue weighted by molar-refractivity contribution is 8.01. The van der Waals surface area contributed by atoms with E-state index < -0.39 is 5.97 Å². The maximum atomic E-state index is 11.0. The van der Waals surface area contributed by atoms with E-state index in [0.29, 0.717) is 10.2 Å². The molecule has 0 radical (unpaired) electrons. The lowest BCUT2D eigenvalue weighted by Crippen LogP contribution is -2.12. The smallest absolute Gasteiger partial charge is 0.347 e. The van der Waals surface area contributed by atoms with Gasteiger partial charge in [0, 0.05) is 10.5 Å². The zero-order chi connectivity index (χ0) is 17.3. The van der Waals surface area contributed by atoms with Gasteiger partial charge in [-0.25, -0.2) is 14.9 Å². The summed E-state index contributed by atoms with van der Waals surface area (Å²) in [5.74, 6) is -0.375. The van der Waals surface area contributed by atoms with Gasteiger partial charge in [0.25, 0.3) is 0 Å². The number of aromatic amines is 1. The van der Waals surface area contributed by atoms with Crippen LogP contribution in [-0.2, 0) is 5.41 Å². The lowest BCUT2D eigenvalue weighted by Gasteiger charge is -2.22. The summed E-state index contributed by atoms with van der Waals surface area (Å²) in [6.45, 7) is 6.39. The highest BCUT2D eigenvalue weighted by Crippen LogP contribution is 2.39. The number of benzene rings is 1. The third kappa shape index (κ3) is 3.46. The van der Waals surface area contributed by atoms with Crippen LogP contribution in [0.2, 0.25) is 0 Å². The van der Waals surface area contributed by atoms with Crippen LogP contribution in [-0.4, -0.2) is 36.7 Å². The van der Waals surface area contributed by atoms with Crippen LogP contribution in [0.5, 0.6) is 0 Å². The molecular formula is C15H15N5O2S2. The van der Waals surface area contributed by atoms with Crippen molar-refractivity contribution >= 4 is 29.1 Å². The van der Waals surface area contributed by atoms with Crippen LogP contribution in [0.1, 0.15) is 36.0 Å². The summed E-state index contributed by atoms with van der Waals surface area (Å²) in [6.07, 6.45) is 1.39. The maximum Gasteiger partial charge on any atom is 0.347 e. The summed E-state index contributed by atoms with van der Waals surface area (Å²) in [7, 11) is 0. The number of hydrogen-bond donors (Lipinski definition) is 2. The predicted octanol–water partition coefficient (Wildman–Crippen LogP) is 3.47. The molecule has 7 nitrogen and oxygen atoms in total. The van der Waals surface area contributed by atoms with E-state index in [9.17, 15) is 4.79 Å². The van der Waals surface area contributed by atoms with Gasteiger partial charge in [-0.2, -0.15) is 0 Å². The number of aromatic carboxylic acids is 1. The number of carboxylic acids is 1. The molecule has 0 saturated heterocycles. The number of aromatic nitrogens is 5. The van der Waals surface area contributed by atoms with Gasteiger partial charge in [-0.1, -0.05) is 44.7 Å². The Kier molecular flexibility index (Phi) is 4.37. The van der Waals surface area contributed by atoms with Gasteiger partial charge in [0.15, 0.2) is 10.2 Å². The molecule has 3 rings (SSSR count). The van der Waals surface area contributed by atoms with E-state index in [1.54, 1.807) is 0 Å². The second kappa shape index (κ2) is 6.33. The SMILES string of the molecule is CC(C)(C)c1ccc(-c2nnn[nH]2)cc1Sc1ncc(C(=O)O)s1. The summed E-state index contributed by atoms with van der Waals surface area (Å²) in [5, 5.41) is 22.9. The van der Waals surface area contributed by atoms with Gasteiger partial charge in [-0.15, -0.1) is 16.4 Å². The van der Waals surface area contributed by atoms with Gasteiger partial charge in [-0.05, 0) is 27.5 Å². The zero-order valence-electron chi connectivity index (χ0n) is 13.3. The largest absolute Gasteiger partial charge is 0.477 e. The molecule has 2 aromatic heterocycles. The molecule has 2 N–H and O–H groups in total. The topological polar surface area (TPSA) is 105 Å². The molecule has 24 heavy (non-hydrogen) atoms. The van der Waals surface area contributed by atoms with Crippen LogP contribution >= 0.6 is 23.1 Å². The minimum absolute atomic E-state index is 0.0621. The molecule has 0 spiro atoms. The predicted molar refractivity (Wildman–Crippen MR) is 91.5 cm³/mol. The average Bonchev–Trinajstić information content (AvgIpc) is 3.17. The Hall–Kier alpha value is -2.26. The summed E-state index contributed by atoms with van der Waals surface area (Å²) < 4.78 is 0.686. The Morgan fingerprint density at radius 2 is 2.12 bits per heavy atom. The Labute approximate surface area is 146 Å². The number of rotatable bonds is 4. The summed E-state index contributed by atoms with van der Waals surface area (Å²) in [4.78, 5) is 16.5. The van der Waals surface area contributed by atoms with E-state index in [1.807, 2.05) is 18.2 Å². The van der Waals surface area contributed by atoms with Crippen LogP contribution in [0.25, 0.3) is 11.4 Å². The Morgan fingerprint density at radius 1 is 1.33 bits per heavy atom. The van der Waals surface area contributed by atoms with Crippen LogP contribution in [0.3, 0.4) is 0 Å². The number of carbonyl (C=O) groups is 1. The first kappa shape index (κ1) is 16.6. The van der Waals surface area contributed by atoms with Crippen molar-refractivity contribution in [2.24, 2.45) is 0 Å². The summed E-state index contributed by atoms with van der Waals surface area (Å²) >= 11 is 2.62. The van der Waals surface area contributed by atoms with Gasteiger partial charge in [0.05, 0.1) is 6.20 Å². The standard InChI is InChI=1S/C15H15N5O2S2/c1-15(2,3)9-5-4-8(12-17-19-20-18-12)6-10(9)23-14-16-7-11(24-14)13(21)22/h4-7H,1-3H3,(H,21,22)(H,17,18,19,20). The minimum atomic E-state index is -0.961. The van der Waals surface area contributed by atoms with Crippen LogP contribution in [0.15, 0.2) is 33.6 Å². The van der Waals surface area contributed by atoms with E-state index in [0.717, 1.165) is 27.4 Å². The maximum absolute atomic E-state index is 11.0. The first-order valence-corrected chi connectivity index (χ1v) is 8.73. The van der Waals surface area contributed by atoms with Crippen molar-refractivity contribution in [2.75, 3.05) is 0 Å². The Morgan fingerprint density at radius 3 is 2.71 bits per heavy atom. The second-order valence-electron chi connectivity index (χ2n) is 6.11. The zero-order valence-corrected chi connectivity index (χ0v) is 14.9. The lowest BCUT2D eigenvalue weighted by atomic mass is 9.86. The number of H-pyrrole nitrogens is 1. The van der Waals surface area contributed by atoms with E-state index in [1.165, 1.54) is 18.0 Å². The molecule has 9 heteroatoms. The van der Waals surface area contributed by atoms with E-state index in [4.69, 9.17) is 5.11 Å². The molecule has 0 aliphatic carbocycles. The lowest BCUT2D eigenvalue weighted by molar-refractivity contribution is 0.0702. The first-order valence-electron chi connectivity index (χ1n) is 7.10. The van der Waals surface area contributed by atoms with Crippen molar-refractivity contribution in [2.45, 2.75) is 35.4 Å². The van der Waals surface area contributed by atoms with Crippen molar-refractivity contribution in [1.82, 2.24) is 25.6 Å².